The SMILES string of the molecule is N#Cc1cc([N+](=O)[O-])ccc1NCc1cnc(Cl)s1. The number of benzene rings is 1. The van der Waals surface area contributed by atoms with Crippen LogP contribution in [0, 0.1) is 21.4 Å². The minimum absolute atomic E-state index is 0.108. The van der Waals surface area contributed by atoms with E-state index >= 15 is 0 Å². The van der Waals surface area contributed by atoms with E-state index in [4.69, 9.17) is 16.9 Å². The number of rotatable bonds is 4. The Hall–Kier alpha value is -2.17. The molecule has 1 aromatic heterocycles. The summed E-state index contributed by atoms with van der Waals surface area (Å²) in [6, 6.07) is 6.03. The van der Waals surface area contributed by atoms with E-state index in [-0.39, 0.29) is 11.3 Å². The van der Waals surface area contributed by atoms with Crippen LogP contribution >= 0.6 is 22.9 Å². The third-order valence-corrected chi connectivity index (χ3v) is 3.43. The van der Waals surface area contributed by atoms with Gasteiger partial charge >= 0.3 is 0 Å². The molecule has 0 fully saturated rings. The molecule has 2 rings (SSSR count). The highest BCUT2D eigenvalue weighted by Gasteiger charge is 2.10. The molecular formula is C11H7ClN4O2S. The first-order valence-corrected chi connectivity index (χ1v) is 6.32. The number of non-ortho nitro benzene ring substituents is 1. The number of aromatic nitrogens is 1. The molecule has 1 aromatic carbocycles. The summed E-state index contributed by atoms with van der Waals surface area (Å²) >= 11 is 7.04. The molecule has 0 amide bonds. The van der Waals surface area contributed by atoms with Crippen LogP contribution in [-0.4, -0.2) is 9.91 Å². The fourth-order valence-electron chi connectivity index (χ4n) is 1.44. The number of halogens is 1. The average molecular weight is 295 g/mol. The number of nitrogens with zero attached hydrogens (tertiary/aromatic N) is 3. The second kappa shape index (κ2) is 5.65. The molecule has 1 N–H and O–H groups in total. The summed E-state index contributed by atoms with van der Waals surface area (Å²) in [4.78, 5) is 14.9. The van der Waals surface area contributed by atoms with E-state index in [1.54, 1.807) is 6.20 Å². The number of thiazole rings is 1. The summed E-state index contributed by atoms with van der Waals surface area (Å²) in [5.74, 6) is 0. The van der Waals surface area contributed by atoms with Crippen molar-refractivity contribution in [3.63, 3.8) is 0 Å². The number of nitrogens with one attached hydrogen (secondary N) is 1. The van der Waals surface area contributed by atoms with Gasteiger partial charge in [0.15, 0.2) is 4.47 Å². The predicted octanol–water partition coefficient (Wildman–Crippen LogP) is 3.19. The van der Waals surface area contributed by atoms with Crippen LogP contribution in [0.25, 0.3) is 0 Å². The lowest BCUT2D eigenvalue weighted by molar-refractivity contribution is -0.384. The summed E-state index contributed by atoms with van der Waals surface area (Å²) in [6.07, 6.45) is 1.64. The van der Waals surface area contributed by atoms with Crippen molar-refractivity contribution in [1.82, 2.24) is 4.98 Å². The molecule has 0 spiro atoms. The summed E-state index contributed by atoms with van der Waals surface area (Å²) in [7, 11) is 0. The Morgan fingerprint density at radius 1 is 1.58 bits per heavy atom. The van der Waals surface area contributed by atoms with Gasteiger partial charge in [0, 0.05) is 23.2 Å². The largest absolute Gasteiger partial charge is 0.379 e. The molecular weight excluding hydrogens is 288 g/mol. The molecule has 0 saturated carbocycles. The fourth-order valence-corrected chi connectivity index (χ4v) is 2.36. The Bertz CT molecular complexity index is 665. The third-order valence-electron chi connectivity index (χ3n) is 2.31. The van der Waals surface area contributed by atoms with Crippen molar-refractivity contribution in [3.05, 3.63) is 49.4 Å². The topological polar surface area (TPSA) is 91.8 Å². The molecule has 0 saturated heterocycles. The van der Waals surface area contributed by atoms with Crippen LogP contribution in [-0.2, 0) is 6.54 Å². The number of nitro groups is 1. The highest BCUT2D eigenvalue weighted by atomic mass is 35.5. The van der Waals surface area contributed by atoms with Gasteiger partial charge < -0.3 is 5.32 Å². The van der Waals surface area contributed by atoms with E-state index in [0.29, 0.717) is 16.7 Å². The number of nitriles is 1. The maximum atomic E-state index is 10.6. The van der Waals surface area contributed by atoms with Crippen molar-refractivity contribution in [2.45, 2.75) is 6.54 Å². The Morgan fingerprint density at radius 3 is 2.95 bits per heavy atom. The van der Waals surface area contributed by atoms with E-state index in [9.17, 15) is 10.1 Å². The molecule has 0 aliphatic carbocycles. The van der Waals surface area contributed by atoms with Gasteiger partial charge in [0.2, 0.25) is 0 Å². The Labute approximate surface area is 117 Å². The van der Waals surface area contributed by atoms with Gasteiger partial charge in [-0.05, 0) is 6.07 Å². The lowest BCUT2D eigenvalue weighted by Crippen LogP contribution is -2.00. The summed E-state index contributed by atoms with van der Waals surface area (Å²) in [5.41, 5.74) is 0.658. The molecule has 1 heterocycles. The smallest absolute Gasteiger partial charge is 0.270 e. The normalized spacial score (nSPS) is 9.89. The molecule has 0 radical (unpaired) electrons. The van der Waals surface area contributed by atoms with Crippen LogP contribution in [0.2, 0.25) is 4.47 Å². The lowest BCUT2D eigenvalue weighted by atomic mass is 10.1. The quantitative estimate of drug-likeness (QED) is 0.690. The van der Waals surface area contributed by atoms with Crippen LogP contribution < -0.4 is 5.32 Å². The zero-order chi connectivity index (χ0) is 13.8. The van der Waals surface area contributed by atoms with Crippen molar-refractivity contribution in [3.8, 4) is 6.07 Å². The highest BCUT2D eigenvalue weighted by Crippen LogP contribution is 2.23. The standard InChI is InChI=1S/C11H7ClN4O2S/c12-11-15-6-9(19-11)5-14-10-2-1-8(16(17)18)3-7(10)4-13/h1-3,6,14H,5H2. The van der Waals surface area contributed by atoms with Gasteiger partial charge in [-0.3, -0.25) is 10.1 Å². The molecule has 0 bridgehead atoms. The second-order valence-electron chi connectivity index (χ2n) is 3.53. The maximum absolute atomic E-state index is 10.6. The Balaban J connectivity index is 2.16. The molecule has 19 heavy (non-hydrogen) atoms. The van der Waals surface area contributed by atoms with E-state index in [1.165, 1.54) is 29.5 Å². The summed E-state index contributed by atoms with van der Waals surface area (Å²) in [5, 5.41) is 22.6. The number of nitro benzene ring substituents is 1. The number of anilines is 1. The van der Waals surface area contributed by atoms with Gasteiger partial charge in [-0.1, -0.05) is 11.6 Å². The zero-order valence-electron chi connectivity index (χ0n) is 9.46. The Kier molecular flexibility index (Phi) is 3.94. The minimum Gasteiger partial charge on any atom is -0.379 e. The monoisotopic (exact) mass is 294 g/mol. The fraction of sp³-hybridized carbons (Fsp3) is 0.0909. The second-order valence-corrected chi connectivity index (χ2v) is 5.23. The maximum Gasteiger partial charge on any atom is 0.270 e. The van der Waals surface area contributed by atoms with Crippen LogP contribution in [0.4, 0.5) is 11.4 Å². The van der Waals surface area contributed by atoms with Gasteiger partial charge in [-0.15, -0.1) is 11.3 Å². The zero-order valence-corrected chi connectivity index (χ0v) is 11.0. The first kappa shape index (κ1) is 13.3. The predicted molar refractivity (Wildman–Crippen MR) is 72.3 cm³/mol. The summed E-state index contributed by atoms with van der Waals surface area (Å²) in [6.45, 7) is 0.455. The third kappa shape index (κ3) is 3.19. The number of hydrogen-bond donors (Lipinski definition) is 1. The van der Waals surface area contributed by atoms with Crippen molar-refractivity contribution < 1.29 is 4.92 Å². The van der Waals surface area contributed by atoms with Crippen molar-refractivity contribution in [2.75, 3.05) is 5.32 Å². The molecule has 2 aromatic rings. The van der Waals surface area contributed by atoms with E-state index in [2.05, 4.69) is 10.3 Å². The van der Waals surface area contributed by atoms with Crippen molar-refractivity contribution in [2.24, 2.45) is 0 Å². The molecule has 8 heteroatoms. The van der Waals surface area contributed by atoms with Crippen LogP contribution in [0.5, 0.6) is 0 Å². The Morgan fingerprint density at radius 2 is 2.37 bits per heavy atom. The first-order chi connectivity index (χ1) is 9.10. The average Bonchev–Trinajstić information content (AvgIpc) is 2.81. The van der Waals surface area contributed by atoms with Gasteiger partial charge in [0.05, 0.1) is 22.7 Å². The van der Waals surface area contributed by atoms with Crippen LogP contribution in [0.15, 0.2) is 24.4 Å². The van der Waals surface area contributed by atoms with E-state index in [0.717, 1.165) is 4.88 Å². The van der Waals surface area contributed by atoms with Crippen LogP contribution in [0.1, 0.15) is 10.4 Å². The van der Waals surface area contributed by atoms with Crippen molar-refractivity contribution >= 4 is 34.3 Å². The van der Waals surface area contributed by atoms with Gasteiger partial charge in [0.25, 0.3) is 5.69 Å². The van der Waals surface area contributed by atoms with Crippen LogP contribution in [0.3, 0.4) is 0 Å². The van der Waals surface area contributed by atoms with Crippen molar-refractivity contribution in [1.29, 1.82) is 5.26 Å². The molecule has 0 aliphatic heterocycles. The summed E-state index contributed by atoms with van der Waals surface area (Å²) < 4.78 is 0.445. The minimum atomic E-state index is -0.534. The molecule has 0 unspecified atom stereocenters. The van der Waals surface area contributed by atoms with Gasteiger partial charge in [-0.2, -0.15) is 5.26 Å². The lowest BCUT2D eigenvalue weighted by Gasteiger charge is -2.06. The molecule has 0 atom stereocenters. The molecule has 0 aliphatic rings. The van der Waals surface area contributed by atoms with E-state index in [1.807, 2.05) is 6.07 Å². The van der Waals surface area contributed by atoms with Gasteiger partial charge in [-0.25, -0.2) is 4.98 Å². The highest BCUT2D eigenvalue weighted by molar-refractivity contribution is 7.15. The molecule has 6 nitrogen and oxygen atoms in total. The van der Waals surface area contributed by atoms with E-state index < -0.39 is 4.92 Å². The van der Waals surface area contributed by atoms with Gasteiger partial charge in [0.1, 0.15) is 6.07 Å². The first-order valence-electron chi connectivity index (χ1n) is 5.13. The molecule has 96 valence electrons. The number of hydrogen-bond acceptors (Lipinski definition) is 6.